The first-order chi connectivity index (χ1) is 14.7. The summed E-state index contributed by atoms with van der Waals surface area (Å²) in [6.45, 7) is 2.30. The summed E-state index contributed by atoms with van der Waals surface area (Å²) in [7, 11) is 0. The van der Waals surface area contributed by atoms with E-state index >= 15 is 0 Å². The molecule has 1 amide bonds. The van der Waals surface area contributed by atoms with Crippen molar-refractivity contribution in [3.63, 3.8) is 0 Å². The van der Waals surface area contributed by atoms with Crippen LogP contribution in [0, 0.1) is 6.92 Å². The largest absolute Gasteiger partial charge is 0.473 e. The van der Waals surface area contributed by atoms with Crippen LogP contribution in [-0.4, -0.2) is 20.9 Å². The predicted octanol–water partition coefficient (Wildman–Crippen LogP) is 4.68. The zero-order chi connectivity index (χ0) is 20.8. The Morgan fingerprint density at radius 2 is 1.87 bits per heavy atom. The molecule has 148 valence electrons. The lowest BCUT2D eigenvalue weighted by Gasteiger charge is -2.13. The Morgan fingerprint density at radius 1 is 1.00 bits per heavy atom. The molecule has 4 rings (SSSR count). The number of carbonyl (C=O) groups is 1. The van der Waals surface area contributed by atoms with E-state index in [1.807, 2.05) is 67.6 Å². The number of carbonyl (C=O) groups excluding carboxylic acids is 1. The molecule has 0 unspecified atom stereocenters. The minimum absolute atomic E-state index is 0.232. The standard InChI is InChI=1S/C24H20N4O2/c1-17-20(19-8-3-2-4-9-19)10-5-11-21(17)28-24(29)22-13-23(27-16-26-22)30-15-18-7-6-12-25-14-18/h2-14,16H,15H2,1H3,(H,28,29). The fourth-order valence-electron chi connectivity index (χ4n) is 3.07. The first-order valence-electron chi connectivity index (χ1n) is 9.51. The summed E-state index contributed by atoms with van der Waals surface area (Å²) in [5.74, 6) is 0.00528. The number of aromatic nitrogens is 3. The maximum atomic E-state index is 12.8. The second kappa shape index (κ2) is 8.96. The van der Waals surface area contributed by atoms with Crippen LogP contribution in [0.3, 0.4) is 0 Å². The van der Waals surface area contributed by atoms with E-state index in [-0.39, 0.29) is 11.6 Å². The van der Waals surface area contributed by atoms with E-state index in [4.69, 9.17) is 4.74 Å². The van der Waals surface area contributed by atoms with Crippen molar-refractivity contribution < 1.29 is 9.53 Å². The lowest BCUT2D eigenvalue weighted by Crippen LogP contribution is -2.15. The molecule has 4 aromatic rings. The van der Waals surface area contributed by atoms with Crippen molar-refractivity contribution in [1.29, 1.82) is 0 Å². The zero-order valence-electron chi connectivity index (χ0n) is 16.4. The number of rotatable bonds is 6. The number of hydrogen-bond donors (Lipinski definition) is 1. The Bertz CT molecular complexity index is 1150. The third kappa shape index (κ3) is 4.50. The van der Waals surface area contributed by atoms with Gasteiger partial charge in [0, 0.05) is 29.7 Å². The van der Waals surface area contributed by atoms with Crippen LogP contribution < -0.4 is 10.1 Å². The van der Waals surface area contributed by atoms with Gasteiger partial charge in [-0.1, -0.05) is 48.5 Å². The topological polar surface area (TPSA) is 77.0 Å². The highest BCUT2D eigenvalue weighted by molar-refractivity contribution is 6.03. The first-order valence-corrected chi connectivity index (χ1v) is 9.51. The number of pyridine rings is 1. The van der Waals surface area contributed by atoms with E-state index in [2.05, 4.69) is 20.3 Å². The van der Waals surface area contributed by atoms with Crippen LogP contribution in [0.4, 0.5) is 5.69 Å². The smallest absolute Gasteiger partial charge is 0.274 e. The fourth-order valence-corrected chi connectivity index (χ4v) is 3.07. The highest BCUT2D eigenvalue weighted by atomic mass is 16.5. The molecule has 30 heavy (non-hydrogen) atoms. The van der Waals surface area contributed by atoms with Gasteiger partial charge in [0.25, 0.3) is 5.91 Å². The minimum atomic E-state index is -0.322. The zero-order valence-corrected chi connectivity index (χ0v) is 16.4. The van der Waals surface area contributed by atoms with Gasteiger partial charge < -0.3 is 10.1 Å². The van der Waals surface area contributed by atoms with Gasteiger partial charge in [-0.15, -0.1) is 0 Å². The molecular formula is C24H20N4O2. The Kier molecular flexibility index (Phi) is 5.75. The van der Waals surface area contributed by atoms with Crippen LogP contribution in [0.15, 0.2) is 85.5 Å². The van der Waals surface area contributed by atoms with Gasteiger partial charge >= 0.3 is 0 Å². The summed E-state index contributed by atoms with van der Waals surface area (Å²) in [5, 5.41) is 2.94. The van der Waals surface area contributed by atoms with E-state index in [1.54, 1.807) is 12.4 Å². The van der Waals surface area contributed by atoms with Crippen molar-refractivity contribution in [2.45, 2.75) is 13.5 Å². The Balaban J connectivity index is 1.49. The van der Waals surface area contributed by atoms with Crippen LogP contribution in [0.5, 0.6) is 5.88 Å². The molecule has 1 N–H and O–H groups in total. The number of nitrogens with one attached hydrogen (secondary N) is 1. The summed E-state index contributed by atoms with van der Waals surface area (Å²) in [6, 6.07) is 21.2. The lowest BCUT2D eigenvalue weighted by molar-refractivity contribution is 0.102. The van der Waals surface area contributed by atoms with Gasteiger partial charge in [-0.05, 0) is 35.7 Å². The van der Waals surface area contributed by atoms with Crippen molar-refractivity contribution in [2.75, 3.05) is 5.32 Å². The van der Waals surface area contributed by atoms with Gasteiger partial charge in [0.2, 0.25) is 5.88 Å². The predicted molar refractivity (Wildman–Crippen MR) is 115 cm³/mol. The van der Waals surface area contributed by atoms with Gasteiger partial charge in [0.15, 0.2) is 0 Å². The summed E-state index contributed by atoms with van der Waals surface area (Å²) in [5.41, 5.74) is 5.03. The van der Waals surface area contributed by atoms with Gasteiger partial charge in [-0.25, -0.2) is 9.97 Å². The summed E-state index contributed by atoms with van der Waals surface area (Å²) in [6.07, 6.45) is 4.74. The lowest BCUT2D eigenvalue weighted by atomic mass is 9.99. The van der Waals surface area contributed by atoms with Crippen molar-refractivity contribution in [2.24, 2.45) is 0 Å². The average Bonchev–Trinajstić information content (AvgIpc) is 2.80. The molecule has 0 saturated heterocycles. The first kappa shape index (κ1) is 19.3. The summed E-state index contributed by atoms with van der Waals surface area (Å²) < 4.78 is 5.66. The fraction of sp³-hybridized carbons (Fsp3) is 0.0833. The molecule has 0 saturated carbocycles. The van der Waals surface area contributed by atoms with Crippen molar-refractivity contribution >= 4 is 11.6 Å². The van der Waals surface area contributed by atoms with Crippen LogP contribution in [0.25, 0.3) is 11.1 Å². The van der Waals surface area contributed by atoms with Crippen LogP contribution in [0.1, 0.15) is 21.6 Å². The molecule has 0 aliphatic heterocycles. The maximum absolute atomic E-state index is 12.8. The van der Waals surface area contributed by atoms with E-state index in [0.29, 0.717) is 12.5 Å². The van der Waals surface area contributed by atoms with Crippen LogP contribution >= 0.6 is 0 Å². The molecule has 0 fully saturated rings. The molecule has 0 radical (unpaired) electrons. The highest BCUT2D eigenvalue weighted by Crippen LogP contribution is 2.28. The Hall–Kier alpha value is -4.06. The Morgan fingerprint density at radius 3 is 2.67 bits per heavy atom. The molecule has 0 aliphatic carbocycles. The van der Waals surface area contributed by atoms with Crippen molar-refractivity contribution in [3.05, 3.63) is 102 Å². The number of anilines is 1. The molecule has 2 heterocycles. The molecule has 0 aliphatic rings. The number of nitrogens with zero attached hydrogens (tertiary/aromatic N) is 3. The second-order valence-corrected chi connectivity index (χ2v) is 6.69. The van der Waals surface area contributed by atoms with Crippen LogP contribution in [0.2, 0.25) is 0 Å². The third-order valence-corrected chi connectivity index (χ3v) is 4.65. The third-order valence-electron chi connectivity index (χ3n) is 4.65. The normalized spacial score (nSPS) is 10.4. The molecule has 0 spiro atoms. The van der Waals surface area contributed by atoms with Crippen LogP contribution in [-0.2, 0) is 6.61 Å². The van der Waals surface area contributed by atoms with Gasteiger partial charge in [0.1, 0.15) is 18.6 Å². The van der Waals surface area contributed by atoms with Crippen molar-refractivity contribution in [1.82, 2.24) is 15.0 Å². The molecule has 0 bridgehead atoms. The quantitative estimate of drug-likeness (QED) is 0.512. The maximum Gasteiger partial charge on any atom is 0.274 e. The van der Waals surface area contributed by atoms with Gasteiger partial charge in [-0.3, -0.25) is 9.78 Å². The van der Waals surface area contributed by atoms with Gasteiger partial charge in [0.05, 0.1) is 0 Å². The Labute approximate surface area is 174 Å². The summed E-state index contributed by atoms with van der Waals surface area (Å²) in [4.78, 5) is 25.0. The number of benzene rings is 2. The number of hydrogen-bond acceptors (Lipinski definition) is 5. The second-order valence-electron chi connectivity index (χ2n) is 6.69. The SMILES string of the molecule is Cc1c(NC(=O)c2cc(OCc3cccnc3)ncn2)cccc1-c1ccccc1. The molecule has 2 aromatic carbocycles. The van der Waals surface area contributed by atoms with Gasteiger partial charge in [-0.2, -0.15) is 0 Å². The highest BCUT2D eigenvalue weighted by Gasteiger charge is 2.13. The van der Waals surface area contributed by atoms with E-state index < -0.39 is 0 Å². The van der Waals surface area contributed by atoms with E-state index in [0.717, 1.165) is 27.9 Å². The van der Waals surface area contributed by atoms with E-state index in [9.17, 15) is 4.79 Å². The molecular weight excluding hydrogens is 376 g/mol. The minimum Gasteiger partial charge on any atom is -0.473 e. The number of ether oxygens (including phenoxy) is 1. The number of amides is 1. The van der Waals surface area contributed by atoms with E-state index in [1.165, 1.54) is 12.4 Å². The average molecular weight is 396 g/mol. The summed E-state index contributed by atoms with van der Waals surface area (Å²) >= 11 is 0. The van der Waals surface area contributed by atoms with Crippen molar-refractivity contribution in [3.8, 4) is 17.0 Å². The molecule has 6 nitrogen and oxygen atoms in total. The molecule has 0 atom stereocenters. The molecule has 6 heteroatoms. The monoisotopic (exact) mass is 396 g/mol. The molecule has 2 aromatic heterocycles.